The number of carbonyl (C=O) groups is 2. The van der Waals surface area contributed by atoms with Crippen LogP contribution >= 0.6 is 0 Å². The zero-order valence-corrected chi connectivity index (χ0v) is 17.4. The van der Waals surface area contributed by atoms with E-state index in [4.69, 9.17) is 4.74 Å². The van der Waals surface area contributed by atoms with Gasteiger partial charge in [-0.1, -0.05) is 58.2 Å². The van der Waals surface area contributed by atoms with Gasteiger partial charge in [0.05, 0.1) is 6.54 Å². The first-order chi connectivity index (χ1) is 13.2. The molecule has 0 bridgehead atoms. The zero-order chi connectivity index (χ0) is 20.5. The molecule has 1 heterocycles. The number of aliphatic hydroxyl groups is 1. The predicted molar refractivity (Wildman–Crippen MR) is 107 cm³/mol. The average Bonchev–Trinajstić information content (AvgIpc) is 2.83. The molecule has 28 heavy (non-hydrogen) atoms. The highest BCUT2D eigenvalue weighted by molar-refractivity contribution is 6.07. The molecule has 1 aromatic carbocycles. The van der Waals surface area contributed by atoms with Crippen molar-refractivity contribution in [3.05, 3.63) is 29.8 Å². The lowest BCUT2D eigenvalue weighted by Gasteiger charge is -2.35. The number of nitrogens with zero attached hydrogens (tertiary/aromatic N) is 2. The van der Waals surface area contributed by atoms with E-state index in [-0.39, 0.29) is 30.5 Å². The maximum Gasteiger partial charge on any atom is 0.327 e. The molecule has 1 aliphatic heterocycles. The Kier molecular flexibility index (Phi) is 5.71. The molecular weight excluding hydrogens is 356 g/mol. The van der Waals surface area contributed by atoms with E-state index < -0.39 is 11.6 Å². The van der Waals surface area contributed by atoms with Crippen LogP contribution in [0, 0.1) is 0 Å². The molecule has 1 N–H and O–H groups in total. The number of benzene rings is 1. The molecule has 1 saturated carbocycles. The van der Waals surface area contributed by atoms with Gasteiger partial charge in [-0.3, -0.25) is 9.69 Å². The molecule has 1 atom stereocenters. The van der Waals surface area contributed by atoms with Gasteiger partial charge in [-0.2, -0.15) is 0 Å². The van der Waals surface area contributed by atoms with Crippen molar-refractivity contribution in [2.24, 2.45) is 0 Å². The number of ether oxygens (including phenoxy) is 1. The first kappa shape index (κ1) is 20.6. The van der Waals surface area contributed by atoms with E-state index in [0.29, 0.717) is 18.6 Å². The van der Waals surface area contributed by atoms with Crippen LogP contribution in [0.5, 0.6) is 5.75 Å². The molecule has 2 fully saturated rings. The van der Waals surface area contributed by atoms with Gasteiger partial charge in [0.2, 0.25) is 0 Å². The number of rotatable bonds is 5. The lowest BCUT2D eigenvalue weighted by atomic mass is 9.81. The van der Waals surface area contributed by atoms with Crippen molar-refractivity contribution >= 4 is 11.9 Å². The largest absolute Gasteiger partial charge is 0.491 e. The van der Waals surface area contributed by atoms with Crippen LogP contribution in [0.15, 0.2) is 24.3 Å². The highest BCUT2D eigenvalue weighted by Gasteiger charge is 2.55. The molecule has 3 amide bonds. The van der Waals surface area contributed by atoms with Gasteiger partial charge in [0.15, 0.2) is 0 Å². The summed E-state index contributed by atoms with van der Waals surface area (Å²) < 4.78 is 5.86. The summed E-state index contributed by atoms with van der Waals surface area (Å²) in [6, 6.07) is 7.43. The fourth-order valence-electron chi connectivity index (χ4n) is 4.35. The van der Waals surface area contributed by atoms with Crippen molar-refractivity contribution in [2.45, 2.75) is 69.9 Å². The van der Waals surface area contributed by atoms with Gasteiger partial charge < -0.3 is 14.7 Å². The number of carbonyl (C=O) groups excluding carboxylic acids is 2. The zero-order valence-electron chi connectivity index (χ0n) is 17.4. The van der Waals surface area contributed by atoms with Crippen LogP contribution in [0.1, 0.15) is 58.4 Å². The fraction of sp³-hybridized carbons (Fsp3) is 0.636. The second kappa shape index (κ2) is 7.74. The third-order valence-corrected chi connectivity index (χ3v) is 6.00. The molecular formula is C22H32N2O4. The lowest BCUT2D eigenvalue weighted by Crippen LogP contribution is -2.49. The summed E-state index contributed by atoms with van der Waals surface area (Å²) in [6.07, 6.45) is 3.47. The van der Waals surface area contributed by atoms with Gasteiger partial charge in [0, 0.05) is 7.05 Å². The van der Waals surface area contributed by atoms with Gasteiger partial charge >= 0.3 is 6.03 Å². The first-order valence-electron chi connectivity index (χ1n) is 10.2. The molecule has 0 aromatic heterocycles. The minimum absolute atomic E-state index is 0.0286. The number of likely N-dealkylation sites (N-methyl/N-ethyl adjacent to an activating group) is 1. The molecule has 1 aromatic rings. The molecule has 1 saturated heterocycles. The number of aliphatic hydroxyl groups excluding tert-OH is 1. The standard InChI is InChI=1S/C22H32N2O4/c1-21(2,3)17-10-6-7-11-18(17)28-15-16(25)14-24-19(26)22(23(4)20(24)27)12-8-5-9-13-22/h6-7,10-11,16,25H,5,8-9,12-15H2,1-4H3. The maximum atomic E-state index is 13.0. The number of urea groups is 1. The molecule has 0 radical (unpaired) electrons. The Labute approximate surface area is 167 Å². The fourth-order valence-corrected chi connectivity index (χ4v) is 4.35. The Morgan fingerprint density at radius 1 is 1.14 bits per heavy atom. The number of imide groups is 1. The summed E-state index contributed by atoms with van der Waals surface area (Å²) in [6.45, 7) is 6.30. The van der Waals surface area contributed by atoms with Gasteiger partial charge in [-0.25, -0.2) is 4.79 Å². The first-order valence-corrected chi connectivity index (χ1v) is 10.2. The molecule has 6 nitrogen and oxygen atoms in total. The average molecular weight is 389 g/mol. The van der Waals surface area contributed by atoms with E-state index in [2.05, 4.69) is 20.8 Å². The number of β-amino-alcohol motifs (C(OH)–C–C–N with tert-alkyl or cyclic N) is 1. The third-order valence-electron chi connectivity index (χ3n) is 6.00. The van der Waals surface area contributed by atoms with E-state index in [1.165, 1.54) is 4.90 Å². The van der Waals surface area contributed by atoms with Crippen LogP contribution in [0.4, 0.5) is 4.79 Å². The van der Waals surface area contributed by atoms with Crippen LogP contribution in [-0.4, -0.2) is 58.7 Å². The van der Waals surface area contributed by atoms with E-state index in [9.17, 15) is 14.7 Å². The van der Waals surface area contributed by atoms with Crippen LogP contribution in [-0.2, 0) is 10.2 Å². The quantitative estimate of drug-likeness (QED) is 0.786. The highest BCUT2D eigenvalue weighted by Crippen LogP contribution is 2.39. The highest BCUT2D eigenvalue weighted by atomic mass is 16.5. The van der Waals surface area contributed by atoms with Gasteiger partial charge in [0.25, 0.3) is 5.91 Å². The SMILES string of the molecule is CN1C(=O)N(CC(O)COc2ccccc2C(C)(C)C)C(=O)C12CCCCC2. The van der Waals surface area contributed by atoms with Crippen molar-refractivity contribution in [1.29, 1.82) is 0 Å². The van der Waals surface area contributed by atoms with Crippen LogP contribution < -0.4 is 4.74 Å². The molecule has 3 rings (SSSR count). The summed E-state index contributed by atoms with van der Waals surface area (Å²) in [5.74, 6) is 0.544. The topological polar surface area (TPSA) is 70.1 Å². The number of hydrogen-bond donors (Lipinski definition) is 1. The number of para-hydroxylation sites is 1. The Morgan fingerprint density at radius 3 is 2.43 bits per heavy atom. The number of hydrogen-bond acceptors (Lipinski definition) is 4. The summed E-state index contributed by atoms with van der Waals surface area (Å²) in [7, 11) is 1.70. The van der Waals surface area contributed by atoms with Gasteiger partial charge in [0.1, 0.15) is 24.0 Å². The second-order valence-corrected chi connectivity index (χ2v) is 9.06. The van der Waals surface area contributed by atoms with Crippen molar-refractivity contribution in [3.8, 4) is 5.75 Å². The van der Waals surface area contributed by atoms with Crippen LogP contribution in [0.2, 0.25) is 0 Å². The monoisotopic (exact) mass is 388 g/mol. The Hall–Kier alpha value is -2.08. The molecule has 2 aliphatic rings. The van der Waals surface area contributed by atoms with Crippen LogP contribution in [0.3, 0.4) is 0 Å². The van der Waals surface area contributed by atoms with E-state index >= 15 is 0 Å². The van der Waals surface area contributed by atoms with Gasteiger partial charge in [-0.15, -0.1) is 0 Å². The van der Waals surface area contributed by atoms with E-state index in [1.54, 1.807) is 11.9 Å². The van der Waals surface area contributed by atoms with E-state index in [1.807, 2.05) is 24.3 Å². The summed E-state index contributed by atoms with van der Waals surface area (Å²) in [5, 5.41) is 10.5. The minimum Gasteiger partial charge on any atom is -0.491 e. The van der Waals surface area contributed by atoms with Crippen molar-refractivity contribution < 1.29 is 19.4 Å². The second-order valence-electron chi connectivity index (χ2n) is 9.06. The normalized spacial score (nSPS) is 20.8. The number of amides is 3. The lowest BCUT2D eigenvalue weighted by molar-refractivity contribution is -0.135. The van der Waals surface area contributed by atoms with Crippen molar-refractivity contribution in [2.75, 3.05) is 20.2 Å². The molecule has 6 heteroatoms. The Bertz CT molecular complexity index is 734. The summed E-state index contributed by atoms with van der Waals surface area (Å²) in [5.41, 5.74) is 0.254. The molecule has 154 valence electrons. The Morgan fingerprint density at radius 2 is 1.79 bits per heavy atom. The van der Waals surface area contributed by atoms with Crippen LogP contribution in [0.25, 0.3) is 0 Å². The van der Waals surface area contributed by atoms with Gasteiger partial charge in [-0.05, 0) is 29.9 Å². The molecule has 1 unspecified atom stereocenters. The third kappa shape index (κ3) is 3.75. The Balaban J connectivity index is 1.65. The molecule has 1 aliphatic carbocycles. The van der Waals surface area contributed by atoms with E-state index in [0.717, 1.165) is 24.8 Å². The minimum atomic E-state index is -0.937. The molecule has 1 spiro atoms. The van der Waals surface area contributed by atoms with Crippen molar-refractivity contribution in [3.63, 3.8) is 0 Å². The smallest absolute Gasteiger partial charge is 0.327 e. The summed E-state index contributed by atoms with van der Waals surface area (Å²) >= 11 is 0. The predicted octanol–water partition coefficient (Wildman–Crippen LogP) is 3.32. The van der Waals surface area contributed by atoms with Crippen molar-refractivity contribution in [1.82, 2.24) is 9.80 Å². The maximum absolute atomic E-state index is 13.0. The summed E-state index contributed by atoms with van der Waals surface area (Å²) in [4.78, 5) is 28.5.